The van der Waals surface area contributed by atoms with Crippen molar-refractivity contribution in [1.82, 2.24) is 9.78 Å². The molecule has 0 saturated heterocycles. The molecule has 0 spiro atoms. The van der Waals surface area contributed by atoms with Gasteiger partial charge in [0, 0.05) is 5.56 Å². The summed E-state index contributed by atoms with van der Waals surface area (Å²) in [7, 11) is -3.85. The van der Waals surface area contributed by atoms with Crippen molar-refractivity contribution < 1.29 is 23.1 Å². The lowest BCUT2D eigenvalue weighted by atomic mass is 10.1. The number of rotatable bonds is 7. The number of hydrogen-bond acceptors (Lipinski definition) is 6. The minimum absolute atomic E-state index is 0.0602. The minimum atomic E-state index is -3.85. The van der Waals surface area contributed by atoms with Crippen LogP contribution in [-0.2, 0) is 16.6 Å². The highest BCUT2D eigenvalue weighted by Crippen LogP contribution is 2.27. The van der Waals surface area contributed by atoms with Crippen LogP contribution in [0.15, 0.2) is 89.8 Å². The molecule has 8 nitrogen and oxygen atoms in total. The van der Waals surface area contributed by atoms with E-state index in [4.69, 9.17) is 9.88 Å². The number of carboxylic acid groups (broad SMARTS) is 1. The molecule has 0 aliphatic carbocycles. The summed E-state index contributed by atoms with van der Waals surface area (Å²) in [6.45, 7) is 0.420. The Kier molecular flexibility index (Phi) is 5.76. The fourth-order valence-electron chi connectivity index (χ4n) is 3.12. The fourth-order valence-corrected chi connectivity index (χ4v) is 3.64. The van der Waals surface area contributed by atoms with Crippen LogP contribution in [0.5, 0.6) is 5.75 Å². The van der Waals surface area contributed by atoms with Gasteiger partial charge in [-0.3, -0.25) is 0 Å². The molecule has 32 heavy (non-hydrogen) atoms. The molecule has 0 saturated carbocycles. The van der Waals surface area contributed by atoms with E-state index in [9.17, 15) is 18.3 Å². The van der Waals surface area contributed by atoms with Crippen molar-refractivity contribution in [2.75, 3.05) is 0 Å². The maximum absolute atomic E-state index is 11.5. The molecular formula is C23H18N3O5S-. The lowest BCUT2D eigenvalue weighted by Crippen LogP contribution is -2.22. The van der Waals surface area contributed by atoms with Crippen molar-refractivity contribution in [2.24, 2.45) is 5.14 Å². The smallest absolute Gasteiger partial charge is 0.238 e. The van der Waals surface area contributed by atoms with Gasteiger partial charge in [-0.15, -0.1) is 0 Å². The first-order valence-corrected chi connectivity index (χ1v) is 11.1. The molecule has 0 aliphatic heterocycles. The summed E-state index contributed by atoms with van der Waals surface area (Å²) in [6.07, 6.45) is 0. The van der Waals surface area contributed by atoms with Crippen LogP contribution in [-0.4, -0.2) is 24.2 Å². The molecule has 1 heterocycles. The van der Waals surface area contributed by atoms with Gasteiger partial charge in [0.1, 0.15) is 18.1 Å². The maximum atomic E-state index is 11.5. The maximum Gasteiger partial charge on any atom is 0.238 e. The van der Waals surface area contributed by atoms with Crippen LogP contribution in [0, 0.1) is 0 Å². The molecule has 4 rings (SSSR count). The van der Waals surface area contributed by atoms with Crippen molar-refractivity contribution >= 4 is 16.0 Å². The van der Waals surface area contributed by atoms with Crippen molar-refractivity contribution in [3.63, 3.8) is 0 Å². The minimum Gasteiger partial charge on any atom is -0.543 e. The summed E-state index contributed by atoms with van der Waals surface area (Å²) in [5, 5.41) is 20.6. The van der Waals surface area contributed by atoms with Gasteiger partial charge in [-0.2, -0.15) is 5.10 Å². The molecule has 2 N–H and O–H groups in total. The topological polar surface area (TPSA) is 127 Å². The molecule has 0 atom stereocenters. The highest BCUT2D eigenvalue weighted by atomic mass is 32.2. The molecule has 0 bridgehead atoms. The molecule has 3 aromatic carbocycles. The van der Waals surface area contributed by atoms with Crippen LogP contribution in [0.2, 0.25) is 0 Å². The Labute approximate surface area is 184 Å². The number of carbonyl (C=O) groups is 1. The Bertz CT molecular complexity index is 1350. The Morgan fingerprint density at radius 1 is 0.969 bits per heavy atom. The van der Waals surface area contributed by atoms with Crippen molar-refractivity contribution in [2.45, 2.75) is 11.5 Å². The number of nitrogens with two attached hydrogens (primary N) is 1. The van der Waals surface area contributed by atoms with Crippen LogP contribution < -0.4 is 15.0 Å². The van der Waals surface area contributed by atoms with Gasteiger partial charge in [0.15, 0.2) is 0 Å². The molecule has 1 aromatic heterocycles. The van der Waals surface area contributed by atoms with E-state index in [1.807, 2.05) is 30.3 Å². The molecule has 162 valence electrons. The van der Waals surface area contributed by atoms with E-state index in [1.165, 1.54) is 35.0 Å². The lowest BCUT2D eigenvalue weighted by molar-refractivity contribution is -0.255. The second kappa shape index (κ2) is 8.66. The first kappa shape index (κ1) is 21.3. The zero-order valence-corrected chi connectivity index (χ0v) is 17.5. The van der Waals surface area contributed by atoms with Crippen molar-refractivity contribution in [1.29, 1.82) is 0 Å². The van der Waals surface area contributed by atoms with Crippen molar-refractivity contribution in [3.8, 4) is 22.7 Å². The first-order chi connectivity index (χ1) is 15.3. The number of primary sulfonamides is 1. The van der Waals surface area contributed by atoms with E-state index in [0.717, 1.165) is 5.56 Å². The zero-order valence-electron chi connectivity index (χ0n) is 16.7. The summed E-state index contributed by atoms with van der Waals surface area (Å²) >= 11 is 0. The van der Waals surface area contributed by atoms with Crippen LogP contribution in [0.3, 0.4) is 0 Å². The largest absolute Gasteiger partial charge is 0.543 e. The fraction of sp³-hybridized carbons (Fsp3) is 0.0435. The SMILES string of the molecule is NS(=O)(=O)c1ccc(-n2nc(C(=O)[O-])cc2-c2ccc(OCc3ccccc3)cc2)cc1. The highest BCUT2D eigenvalue weighted by molar-refractivity contribution is 7.89. The van der Waals surface area contributed by atoms with Crippen LogP contribution in [0.1, 0.15) is 16.1 Å². The van der Waals surface area contributed by atoms with Crippen LogP contribution in [0.25, 0.3) is 16.9 Å². The molecule has 0 radical (unpaired) electrons. The highest BCUT2D eigenvalue weighted by Gasteiger charge is 2.14. The second-order valence-corrected chi connectivity index (χ2v) is 8.51. The second-order valence-electron chi connectivity index (χ2n) is 6.95. The van der Waals surface area contributed by atoms with Gasteiger partial charge in [-0.1, -0.05) is 30.3 Å². The lowest BCUT2D eigenvalue weighted by Gasteiger charge is -2.10. The van der Waals surface area contributed by atoms with E-state index in [1.54, 1.807) is 24.3 Å². The Morgan fingerprint density at radius 2 is 1.62 bits per heavy atom. The summed E-state index contributed by atoms with van der Waals surface area (Å²) in [4.78, 5) is 11.3. The Morgan fingerprint density at radius 3 is 2.22 bits per heavy atom. The quantitative estimate of drug-likeness (QED) is 0.461. The van der Waals surface area contributed by atoms with E-state index < -0.39 is 16.0 Å². The van der Waals surface area contributed by atoms with Crippen LogP contribution in [0.4, 0.5) is 0 Å². The predicted molar refractivity (Wildman–Crippen MR) is 115 cm³/mol. The molecule has 0 fully saturated rings. The molecule has 0 amide bonds. The summed E-state index contributed by atoms with van der Waals surface area (Å²) < 4.78 is 30.2. The number of nitrogens with zero attached hydrogens (tertiary/aromatic N) is 2. The van der Waals surface area contributed by atoms with Gasteiger partial charge < -0.3 is 14.6 Å². The standard InChI is InChI=1S/C23H19N3O5S/c24-32(29,30)20-12-8-18(9-13-20)26-22(14-21(25-26)23(27)28)17-6-10-19(11-7-17)31-15-16-4-2-1-3-5-16/h1-14H,15H2,(H,27,28)(H2,24,29,30)/p-1. The van der Waals surface area contributed by atoms with E-state index in [-0.39, 0.29) is 10.6 Å². The third kappa shape index (κ3) is 4.69. The van der Waals surface area contributed by atoms with E-state index in [2.05, 4.69) is 5.10 Å². The zero-order chi connectivity index (χ0) is 22.7. The number of carbonyl (C=O) groups excluding carboxylic acids is 1. The van der Waals surface area contributed by atoms with Gasteiger partial charge in [0.05, 0.1) is 22.2 Å². The molecular weight excluding hydrogens is 430 g/mol. The number of carboxylic acids is 1. The van der Waals surface area contributed by atoms with Gasteiger partial charge in [0.2, 0.25) is 10.0 Å². The third-order valence-corrected chi connectivity index (χ3v) is 5.66. The number of aromatic nitrogens is 2. The van der Waals surface area contributed by atoms with Gasteiger partial charge in [-0.25, -0.2) is 18.2 Å². The number of benzene rings is 3. The van der Waals surface area contributed by atoms with Crippen LogP contribution >= 0.6 is 0 Å². The van der Waals surface area contributed by atoms with E-state index in [0.29, 0.717) is 29.3 Å². The predicted octanol–water partition coefficient (Wildman–Crippen LogP) is 2.13. The Hall–Kier alpha value is -3.95. The van der Waals surface area contributed by atoms with Gasteiger partial charge in [-0.05, 0) is 60.2 Å². The summed E-state index contributed by atoms with van der Waals surface area (Å²) in [5.41, 5.74) is 2.43. The van der Waals surface area contributed by atoms with Gasteiger partial charge >= 0.3 is 0 Å². The number of aromatic carboxylic acids is 1. The third-order valence-electron chi connectivity index (χ3n) is 4.73. The molecule has 4 aromatic rings. The van der Waals surface area contributed by atoms with Crippen molar-refractivity contribution in [3.05, 3.63) is 96.2 Å². The summed E-state index contributed by atoms with van der Waals surface area (Å²) in [5.74, 6) is -0.768. The average Bonchev–Trinajstić information content (AvgIpc) is 3.24. The number of sulfonamides is 1. The number of ether oxygens (including phenoxy) is 1. The molecule has 0 unspecified atom stereocenters. The van der Waals surface area contributed by atoms with Gasteiger partial charge in [0.25, 0.3) is 0 Å². The molecule has 9 heteroatoms. The average molecular weight is 448 g/mol. The van der Waals surface area contributed by atoms with E-state index >= 15 is 0 Å². The first-order valence-electron chi connectivity index (χ1n) is 9.53. The number of hydrogen-bond donors (Lipinski definition) is 1. The summed E-state index contributed by atoms with van der Waals surface area (Å²) in [6, 6.07) is 23.9. The Balaban J connectivity index is 1.63. The normalized spacial score (nSPS) is 11.3. The molecule has 0 aliphatic rings. The monoisotopic (exact) mass is 448 g/mol.